The number of hydrogen-bond donors (Lipinski definition) is 2. The highest BCUT2D eigenvalue weighted by Crippen LogP contribution is 2.26. The summed E-state index contributed by atoms with van der Waals surface area (Å²) in [7, 11) is 1.33. The first-order valence-electron chi connectivity index (χ1n) is 8.30. The minimum absolute atomic E-state index is 0.0262. The van der Waals surface area contributed by atoms with Gasteiger partial charge < -0.3 is 9.72 Å². The van der Waals surface area contributed by atoms with Crippen LogP contribution in [0, 0.1) is 10.1 Å². The van der Waals surface area contributed by atoms with Gasteiger partial charge >= 0.3 is 11.4 Å². The zero-order valence-electron chi connectivity index (χ0n) is 15.2. The van der Waals surface area contributed by atoms with Gasteiger partial charge in [0.2, 0.25) is 0 Å². The van der Waals surface area contributed by atoms with E-state index in [2.05, 4.69) is 20.5 Å². The molecule has 146 valence electrons. The van der Waals surface area contributed by atoms with Crippen LogP contribution >= 0.6 is 0 Å². The summed E-state index contributed by atoms with van der Waals surface area (Å²) in [4.78, 5) is 40.7. The zero-order valence-corrected chi connectivity index (χ0v) is 15.2. The molecule has 0 spiro atoms. The maximum absolute atomic E-state index is 12.3. The Morgan fingerprint density at radius 3 is 2.69 bits per heavy atom. The number of rotatable bonds is 6. The second-order valence-corrected chi connectivity index (χ2v) is 5.74. The molecule has 0 bridgehead atoms. The number of carbonyl (C=O) groups excluding carboxylic acids is 1. The summed E-state index contributed by atoms with van der Waals surface area (Å²) in [6.07, 6.45) is 1.24. The van der Waals surface area contributed by atoms with E-state index in [0.29, 0.717) is 16.8 Å². The molecule has 0 unspecified atom stereocenters. The first kappa shape index (κ1) is 19.4. The minimum atomic E-state index is -0.675. The van der Waals surface area contributed by atoms with Gasteiger partial charge in [-0.2, -0.15) is 10.1 Å². The van der Waals surface area contributed by atoms with Crippen molar-refractivity contribution in [1.82, 2.24) is 15.4 Å². The van der Waals surface area contributed by atoms with E-state index >= 15 is 0 Å². The van der Waals surface area contributed by atoms with Crippen LogP contribution in [0.2, 0.25) is 0 Å². The number of aromatic nitrogens is 2. The second-order valence-electron chi connectivity index (χ2n) is 5.74. The van der Waals surface area contributed by atoms with Crippen LogP contribution in [0.15, 0.2) is 64.5 Å². The Morgan fingerprint density at radius 2 is 2.00 bits per heavy atom. The number of aromatic amines is 1. The number of ether oxygens (including phenoxy) is 1. The van der Waals surface area contributed by atoms with Crippen molar-refractivity contribution in [2.45, 2.75) is 0 Å². The lowest BCUT2D eigenvalue weighted by atomic mass is 10.1. The van der Waals surface area contributed by atoms with Gasteiger partial charge in [0.05, 0.1) is 23.9 Å². The predicted octanol–water partition coefficient (Wildman–Crippen LogP) is 2.12. The number of hydrazone groups is 1. The molecule has 10 heteroatoms. The molecule has 2 N–H and O–H groups in total. The number of amides is 1. The SMILES string of the molecule is COc1ccc(/C=N/NC(=O)c2cc(-c3ccccc3)nc(=O)[nH]2)cc1[N+](=O)[O-]. The summed E-state index contributed by atoms with van der Waals surface area (Å²) in [5.74, 6) is -0.556. The molecule has 0 atom stereocenters. The molecule has 1 amide bonds. The third-order valence-corrected chi connectivity index (χ3v) is 3.84. The fourth-order valence-corrected chi connectivity index (χ4v) is 2.49. The minimum Gasteiger partial charge on any atom is -0.490 e. The van der Waals surface area contributed by atoms with Crippen LogP contribution < -0.4 is 15.9 Å². The van der Waals surface area contributed by atoms with Crippen LogP contribution in [0.25, 0.3) is 11.3 Å². The summed E-state index contributed by atoms with van der Waals surface area (Å²) in [5.41, 5.74) is 2.74. The van der Waals surface area contributed by atoms with Crippen molar-refractivity contribution in [3.63, 3.8) is 0 Å². The molecule has 1 aromatic heterocycles. The van der Waals surface area contributed by atoms with Crippen molar-refractivity contribution in [3.05, 3.63) is 86.5 Å². The smallest absolute Gasteiger partial charge is 0.346 e. The summed E-state index contributed by atoms with van der Waals surface area (Å²) < 4.78 is 4.93. The van der Waals surface area contributed by atoms with Gasteiger partial charge in [-0.05, 0) is 18.2 Å². The van der Waals surface area contributed by atoms with Gasteiger partial charge in [0.15, 0.2) is 5.75 Å². The van der Waals surface area contributed by atoms with E-state index in [9.17, 15) is 19.7 Å². The first-order valence-corrected chi connectivity index (χ1v) is 8.30. The van der Waals surface area contributed by atoms with E-state index in [4.69, 9.17) is 4.74 Å². The number of methoxy groups -OCH3 is 1. The maximum atomic E-state index is 12.3. The van der Waals surface area contributed by atoms with Crippen molar-refractivity contribution < 1.29 is 14.5 Å². The number of nitrogens with one attached hydrogen (secondary N) is 2. The summed E-state index contributed by atoms with van der Waals surface area (Å²) in [6, 6.07) is 14.6. The quantitative estimate of drug-likeness (QED) is 0.373. The van der Waals surface area contributed by atoms with Gasteiger partial charge in [-0.1, -0.05) is 30.3 Å². The molecule has 2 aromatic carbocycles. The Bertz CT molecular complexity index is 1140. The molecule has 0 aliphatic rings. The van der Waals surface area contributed by atoms with Crippen LogP contribution in [0.3, 0.4) is 0 Å². The molecular weight excluding hydrogens is 378 g/mol. The molecule has 29 heavy (non-hydrogen) atoms. The number of nitro groups is 1. The first-order chi connectivity index (χ1) is 14.0. The number of H-pyrrole nitrogens is 1. The Kier molecular flexibility index (Phi) is 5.74. The third-order valence-electron chi connectivity index (χ3n) is 3.84. The van der Waals surface area contributed by atoms with Gasteiger partial charge in [-0.3, -0.25) is 14.9 Å². The second kappa shape index (κ2) is 8.57. The standard InChI is InChI=1S/C19H15N5O5/c1-29-17-8-7-12(9-16(17)24(27)28)11-20-23-18(25)15-10-14(21-19(26)22-15)13-5-3-2-4-6-13/h2-11H,1H3,(H,23,25)(H,21,22,26)/b20-11+. The molecule has 0 saturated heterocycles. The molecule has 0 saturated carbocycles. The number of nitro benzene ring substituents is 1. The molecule has 0 radical (unpaired) electrons. The van der Waals surface area contributed by atoms with Crippen molar-refractivity contribution in [2.75, 3.05) is 7.11 Å². The summed E-state index contributed by atoms with van der Waals surface area (Å²) in [6.45, 7) is 0. The molecule has 3 aromatic rings. The lowest BCUT2D eigenvalue weighted by Crippen LogP contribution is -2.24. The number of carbonyl (C=O) groups is 1. The van der Waals surface area contributed by atoms with E-state index in [1.807, 2.05) is 6.07 Å². The van der Waals surface area contributed by atoms with Crippen molar-refractivity contribution >= 4 is 17.8 Å². The topological polar surface area (TPSA) is 140 Å². The fourth-order valence-electron chi connectivity index (χ4n) is 2.49. The molecule has 0 fully saturated rings. The highest BCUT2D eigenvalue weighted by Gasteiger charge is 2.14. The Hall–Kier alpha value is -4.34. The largest absolute Gasteiger partial charge is 0.490 e. The van der Waals surface area contributed by atoms with Crippen LogP contribution in [0.5, 0.6) is 5.75 Å². The maximum Gasteiger partial charge on any atom is 0.346 e. The zero-order chi connectivity index (χ0) is 20.8. The van der Waals surface area contributed by atoms with Crippen molar-refractivity contribution in [1.29, 1.82) is 0 Å². The number of hydrogen-bond acceptors (Lipinski definition) is 7. The van der Waals surface area contributed by atoms with Crippen LogP contribution in [-0.4, -0.2) is 34.1 Å². The average Bonchev–Trinajstić information content (AvgIpc) is 2.73. The molecule has 0 aliphatic heterocycles. The predicted molar refractivity (Wildman–Crippen MR) is 105 cm³/mol. The van der Waals surface area contributed by atoms with E-state index < -0.39 is 16.5 Å². The average molecular weight is 393 g/mol. The van der Waals surface area contributed by atoms with E-state index in [0.717, 1.165) is 0 Å². The monoisotopic (exact) mass is 393 g/mol. The van der Waals surface area contributed by atoms with Gasteiger partial charge in [-0.15, -0.1) is 0 Å². The van der Waals surface area contributed by atoms with Gasteiger partial charge in [-0.25, -0.2) is 10.2 Å². The van der Waals surface area contributed by atoms with Crippen LogP contribution in [0.1, 0.15) is 16.1 Å². The highest BCUT2D eigenvalue weighted by molar-refractivity contribution is 5.94. The lowest BCUT2D eigenvalue weighted by Gasteiger charge is -2.04. The number of nitrogens with zero attached hydrogens (tertiary/aromatic N) is 3. The Morgan fingerprint density at radius 1 is 1.24 bits per heavy atom. The third kappa shape index (κ3) is 4.69. The van der Waals surface area contributed by atoms with Crippen molar-refractivity contribution in [2.24, 2.45) is 5.10 Å². The summed E-state index contributed by atoms with van der Waals surface area (Å²) >= 11 is 0. The van der Waals surface area contributed by atoms with Gasteiger partial charge in [0, 0.05) is 17.2 Å². The highest BCUT2D eigenvalue weighted by atomic mass is 16.6. The van der Waals surface area contributed by atoms with Crippen LogP contribution in [-0.2, 0) is 0 Å². The molecule has 1 heterocycles. The summed E-state index contributed by atoms with van der Waals surface area (Å²) in [5, 5.41) is 14.8. The van der Waals surface area contributed by atoms with Crippen molar-refractivity contribution in [3.8, 4) is 17.0 Å². The van der Waals surface area contributed by atoms with Crippen LogP contribution in [0.4, 0.5) is 5.69 Å². The molecule has 10 nitrogen and oxygen atoms in total. The van der Waals surface area contributed by atoms with Gasteiger partial charge in [0.1, 0.15) is 5.69 Å². The lowest BCUT2D eigenvalue weighted by molar-refractivity contribution is -0.385. The van der Waals surface area contributed by atoms with E-state index in [1.54, 1.807) is 30.3 Å². The van der Waals surface area contributed by atoms with E-state index in [1.165, 1.54) is 31.5 Å². The fraction of sp³-hybridized carbons (Fsp3) is 0.0526. The molecule has 0 aliphatic carbocycles. The molecular formula is C19H15N5O5. The normalized spacial score (nSPS) is 10.7. The molecule has 3 rings (SSSR count). The Labute approximate surface area is 164 Å². The van der Waals surface area contributed by atoms with Gasteiger partial charge in [0.25, 0.3) is 5.91 Å². The number of benzene rings is 2. The van der Waals surface area contributed by atoms with E-state index in [-0.39, 0.29) is 17.1 Å². The Balaban J connectivity index is 1.78.